The first-order valence-electron chi connectivity index (χ1n) is 3.12. The average molecular weight is 137 g/mol. The molecule has 0 aromatic carbocycles. The van der Waals surface area contributed by atoms with E-state index in [1.165, 1.54) is 6.20 Å². The minimum atomic E-state index is 0.180. The molecule has 0 saturated carbocycles. The van der Waals surface area contributed by atoms with Gasteiger partial charge in [-0.15, -0.1) is 0 Å². The van der Waals surface area contributed by atoms with E-state index in [4.69, 9.17) is 9.84 Å². The number of epoxide rings is 1. The lowest BCUT2D eigenvalue weighted by Gasteiger charge is -1.93. The summed E-state index contributed by atoms with van der Waals surface area (Å²) in [5.74, 6) is 0.202. The SMILES string of the molecule is Oc1cncc(C2CO2)c1. The molecule has 1 fully saturated rings. The molecule has 3 nitrogen and oxygen atoms in total. The molecule has 1 saturated heterocycles. The van der Waals surface area contributed by atoms with Gasteiger partial charge in [-0.3, -0.25) is 4.98 Å². The first kappa shape index (κ1) is 5.68. The number of aromatic hydroxyl groups is 1. The molecule has 0 spiro atoms. The highest BCUT2D eigenvalue weighted by molar-refractivity contribution is 5.25. The average Bonchev–Trinajstić information content (AvgIpc) is 2.68. The second-order valence-electron chi connectivity index (χ2n) is 2.30. The van der Waals surface area contributed by atoms with Gasteiger partial charge in [0.15, 0.2) is 0 Å². The van der Waals surface area contributed by atoms with Crippen LogP contribution in [-0.4, -0.2) is 16.7 Å². The number of ether oxygens (including phenoxy) is 1. The fraction of sp³-hybridized carbons (Fsp3) is 0.286. The smallest absolute Gasteiger partial charge is 0.134 e. The third kappa shape index (κ3) is 0.953. The van der Waals surface area contributed by atoms with Gasteiger partial charge in [0.25, 0.3) is 0 Å². The van der Waals surface area contributed by atoms with Crippen LogP contribution < -0.4 is 0 Å². The predicted molar refractivity (Wildman–Crippen MR) is 34.6 cm³/mol. The fourth-order valence-corrected chi connectivity index (χ4v) is 0.862. The molecular weight excluding hydrogens is 130 g/mol. The van der Waals surface area contributed by atoms with Crippen LogP contribution in [0.5, 0.6) is 5.75 Å². The molecule has 2 heterocycles. The number of hydrogen-bond donors (Lipinski definition) is 1. The maximum atomic E-state index is 8.97. The van der Waals surface area contributed by atoms with Crippen LogP contribution in [0.4, 0.5) is 0 Å². The van der Waals surface area contributed by atoms with E-state index in [9.17, 15) is 0 Å². The van der Waals surface area contributed by atoms with Crippen molar-refractivity contribution >= 4 is 0 Å². The molecule has 0 radical (unpaired) electrons. The lowest BCUT2D eigenvalue weighted by molar-refractivity contribution is 0.413. The molecule has 10 heavy (non-hydrogen) atoms. The summed E-state index contributed by atoms with van der Waals surface area (Å²) in [7, 11) is 0. The lowest BCUT2D eigenvalue weighted by atomic mass is 10.2. The molecule has 1 N–H and O–H groups in total. The largest absolute Gasteiger partial charge is 0.506 e. The zero-order valence-corrected chi connectivity index (χ0v) is 5.32. The molecule has 1 aliphatic rings. The van der Waals surface area contributed by atoms with Crippen LogP contribution >= 0.6 is 0 Å². The molecule has 1 atom stereocenters. The summed E-state index contributed by atoms with van der Waals surface area (Å²) in [6, 6.07) is 1.67. The summed E-state index contributed by atoms with van der Waals surface area (Å²) in [4.78, 5) is 3.82. The number of aromatic nitrogens is 1. The van der Waals surface area contributed by atoms with Crippen LogP contribution in [0.1, 0.15) is 11.7 Å². The van der Waals surface area contributed by atoms with Crippen LogP contribution in [0.2, 0.25) is 0 Å². The van der Waals surface area contributed by atoms with E-state index >= 15 is 0 Å². The standard InChI is InChI=1S/C7H7NO2/c9-6-1-5(2-8-3-6)7-4-10-7/h1-3,7,9H,4H2. The van der Waals surface area contributed by atoms with Crippen molar-refractivity contribution in [1.82, 2.24) is 4.98 Å². The molecule has 1 aromatic rings. The Labute approximate surface area is 58.3 Å². The molecule has 0 bridgehead atoms. The highest BCUT2D eigenvalue weighted by Gasteiger charge is 2.24. The van der Waals surface area contributed by atoms with E-state index in [0.29, 0.717) is 0 Å². The molecule has 52 valence electrons. The number of hydrogen-bond acceptors (Lipinski definition) is 3. The van der Waals surface area contributed by atoms with Crippen LogP contribution in [0.15, 0.2) is 18.5 Å². The summed E-state index contributed by atoms with van der Waals surface area (Å²) in [5, 5.41) is 8.97. The van der Waals surface area contributed by atoms with Crippen molar-refractivity contribution in [2.75, 3.05) is 6.61 Å². The minimum Gasteiger partial charge on any atom is -0.506 e. The second kappa shape index (κ2) is 1.95. The first-order valence-corrected chi connectivity index (χ1v) is 3.12. The van der Waals surface area contributed by atoms with E-state index in [1.54, 1.807) is 12.3 Å². The topological polar surface area (TPSA) is 45.7 Å². The zero-order chi connectivity index (χ0) is 6.97. The Morgan fingerprint density at radius 3 is 3.00 bits per heavy atom. The Hall–Kier alpha value is -1.09. The van der Waals surface area contributed by atoms with Gasteiger partial charge in [-0.25, -0.2) is 0 Å². The Kier molecular flexibility index (Phi) is 1.11. The van der Waals surface area contributed by atoms with Crippen LogP contribution in [-0.2, 0) is 4.74 Å². The van der Waals surface area contributed by atoms with Crippen molar-refractivity contribution in [3.05, 3.63) is 24.0 Å². The van der Waals surface area contributed by atoms with E-state index in [1.807, 2.05) is 0 Å². The summed E-state index contributed by atoms with van der Waals surface area (Å²) in [5.41, 5.74) is 0.958. The van der Waals surface area contributed by atoms with Gasteiger partial charge >= 0.3 is 0 Å². The maximum absolute atomic E-state index is 8.97. The van der Waals surface area contributed by atoms with Crippen LogP contribution in [0.25, 0.3) is 0 Å². The number of nitrogens with zero attached hydrogens (tertiary/aromatic N) is 1. The van der Waals surface area contributed by atoms with Crippen molar-refractivity contribution in [3.63, 3.8) is 0 Å². The molecule has 0 aliphatic carbocycles. The molecular formula is C7H7NO2. The second-order valence-corrected chi connectivity index (χ2v) is 2.30. The molecule has 1 aliphatic heterocycles. The Balaban J connectivity index is 2.32. The number of pyridine rings is 1. The summed E-state index contributed by atoms with van der Waals surface area (Å²) in [6.45, 7) is 0.755. The monoisotopic (exact) mass is 137 g/mol. The van der Waals surface area contributed by atoms with Crippen molar-refractivity contribution in [2.45, 2.75) is 6.10 Å². The van der Waals surface area contributed by atoms with Crippen molar-refractivity contribution in [3.8, 4) is 5.75 Å². The van der Waals surface area contributed by atoms with E-state index < -0.39 is 0 Å². The van der Waals surface area contributed by atoms with Crippen LogP contribution in [0.3, 0.4) is 0 Å². The van der Waals surface area contributed by atoms with E-state index in [0.717, 1.165) is 12.2 Å². The summed E-state index contributed by atoms with van der Waals surface area (Å²) >= 11 is 0. The van der Waals surface area contributed by atoms with Crippen molar-refractivity contribution in [2.24, 2.45) is 0 Å². The van der Waals surface area contributed by atoms with Gasteiger partial charge < -0.3 is 9.84 Å². The Bertz CT molecular complexity index is 245. The van der Waals surface area contributed by atoms with Gasteiger partial charge in [0.2, 0.25) is 0 Å². The van der Waals surface area contributed by atoms with Gasteiger partial charge in [-0.05, 0) is 6.07 Å². The molecule has 1 aromatic heterocycles. The number of rotatable bonds is 1. The predicted octanol–water partition coefficient (Wildman–Crippen LogP) is 0.858. The van der Waals surface area contributed by atoms with Crippen molar-refractivity contribution in [1.29, 1.82) is 0 Å². The summed E-state index contributed by atoms with van der Waals surface area (Å²) < 4.78 is 5.00. The van der Waals surface area contributed by atoms with Crippen molar-refractivity contribution < 1.29 is 9.84 Å². The first-order chi connectivity index (χ1) is 4.86. The van der Waals surface area contributed by atoms with Gasteiger partial charge in [0, 0.05) is 11.8 Å². The van der Waals surface area contributed by atoms with Gasteiger partial charge in [-0.2, -0.15) is 0 Å². The highest BCUT2D eigenvalue weighted by Crippen LogP contribution is 2.30. The van der Waals surface area contributed by atoms with E-state index in [2.05, 4.69) is 4.98 Å². The van der Waals surface area contributed by atoms with Gasteiger partial charge in [-0.1, -0.05) is 0 Å². The molecule has 3 heteroatoms. The quantitative estimate of drug-likeness (QED) is 0.584. The Morgan fingerprint density at radius 1 is 1.60 bits per heavy atom. The third-order valence-electron chi connectivity index (χ3n) is 1.45. The van der Waals surface area contributed by atoms with Gasteiger partial charge in [0.05, 0.1) is 12.8 Å². The van der Waals surface area contributed by atoms with E-state index in [-0.39, 0.29) is 11.9 Å². The van der Waals surface area contributed by atoms with Crippen LogP contribution in [0, 0.1) is 0 Å². The molecule has 1 unspecified atom stereocenters. The Morgan fingerprint density at radius 2 is 2.40 bits per heavy atom. The normalized spacial score (nSPS) is 22.6. The fourth-order valence-electron chi connectivity index (χ4n) is 0.862. The third-order valence-corrected chi connectivity index (χ3v) is 1.45. The minimum absolute atomic E-state index is 0.180. The molecule has 2 rings (SSSR count). The highest BCUT2D eigenvalue weighted by atomic mass is 16.6. The van der Waals surface area contributed by atoms with Gasteiger partial charge in [0.1, 0.15) is 11.9 Å². The summed E-state index contributed by atoms with van der Waals surface area (Å²) in [6.07, 6.45) is 3.29. The maximum Gasteiger partial charge on any atom is 0.134 e. The zero-order valence-electron chi connectivity index (χ0n) is 5.32. The molecule has 0 amide bonds. The lowest BCUT2D eigenvalue weighted by Crippen LogP contribution is -1.80.